The average Bonchev–Trinajstić information content (AvgIpc) is 3.06. The summed E-state index contributed by atoms with van der Waals surface area (Å²) in [4.78, 5) is 3.57. The van der Waals surface area contributed by atoms with Gasteiger partial charge in [-0.15, -0.1) is 11.3 Å². The molecule has 1 unspecified atom stereocenters. The molecule has 0 radical (unpaired) electrons. The van der Waals surface area contributed by atoms with Gasteiger partial charge in [0.25, 0.3) is 0 Å². The fourth-order valence-corrected chi connectivity index (χ4v) is 2.98. The van der Waals surface area contributed by atoms with Crippen LogP contribution in [0.15, 0.2) is 41.8 Å². The lowest BCUT2D eigenvalue weighted by Crippen LogP contribution is -2.39. The molecule has 0 aliphatic rings. The van der Waals surface area contributed by atoms with Crippen LogP contribution in [0.1, 0.15) is 18.7 Å². The van der Waals surface area contributed by atoms with E-state index in [-0.39, 0.29) is 6.61 Å². The van der Waals surface area contributed by atoms with Gasteiger partial charge in [-0.1, -0.05) is 6.07 Å². The highest BCUT2D eigenvalue weighted by atomic mass is 32.1. The van der Waals surface area contributed by atoms with Gasteiger partial charge in [-0.3, -0.25) is 4.90 Å². The van der Waals surface area contributed by atoms with Crippen LogP contribution >= 0.6 is 11.3 Å². The zero-order chi connectivity index (χ0) is 16.7. The Morgan fingerprint density at radius 2 is 1.83 bits per heavy atom. The van der Waals surface area contributed by atoms with Gasteiger partial charge in [0.05, 0.1) is 7.11 Å². The summed E-state index contributed by atoms with van der Waals surface area (Å²) < 4.78 is 10.8. The third kappa shape index (κ3) is 5.86. The van der Waals surface area contributed by atoms with Gasteiger partial charge in [0.2, 0.25) is 0 Å². The number of thiophene rings is 1. The summed E-state index contributed by atoms with van der Waals surface area (Å²) >= 11 is 1.74. The summed E-state index contributed by atoms with van der Waals surface area (Å²) in [6.45, 7) is 6.01. The summed E-state index contributed by atoms with van der Waals surface area (Å²) in [6.07, 6.45) is -0.528. The SMILES string of the molecule is COc1ccc(OCC(O)CN(Cc2cccs2)C(C)C)cc1. The van der Waals surface area contributed by atoms with Crippen LogP contribution in [0.2, 0.25) is 0 Å². The first-order valence-corrected chi connectivity index (χ1v) is 8.67. The second-order valence-electron chi connectivity index (χ2n) is 5.74. The fraction of sp³-hybridized carbons (Fsp3) is 0.444. The van der Waals surface area contributed by atoms with Gasteiger partial charge >= 0.3 is 0 Å². The Morgan fingerprint density at radius 1 is 1.13 bits per heavy atom. The minimum absolute atomic E-state index is 0.278. The molecule has 0 saturated heterocycles. The van der Waals surface area contributed by atoms with E-state index in [2.05, 4.69) is 36.3 Å². The van der Waals surface area contributed by atoms with E-state index in [1.165, 1.54) is 4.88 Å². The summed E-state index contributed by atoms with van der Waals surface area (Å²) in [5, 5.41) is 12.4. The molecule has 0 aliphatic heterocycles. The molecular weight excluding hydrogens is 310 g/mol. The first-order chi connectivity index (χ1) is 11.1. The van der Waals surface area contributed by atoms with Crippen molar-refractivity contribution in [3.8, 4) is 11.5 Å². The Balaban J connectivity index is 1.82. The molecule has 1 atom stereocenters. The average molecular weight is 335 g/mol. The minimum Gasteiger partial charge on any atom is -0.497 e. The van der Waals surface area contributed by atoms with Crippen molar-refractivity contribution < 1.29 is 14.6 Å². The van der Waals surface area contributed by atoms with Crippen LogP contribution in [-0.4, -0.2) is 42.4 Å². The number of hydrogen-bond acceptors (Lipinski definition) is 5. The van der Waals surface area contributed by atoms with Gasteiger partial charge in [-0.05, 0) is 49.6 Å². The van der Waals surface area contributed by atoms with Gasteiger partial charge < -0.3 is 14.6 Å². The number of ether oxygens (including phenoxy) is 2. The topological polar surface area (TPSA) is 41.9 Å². The molecule has 2 aromatic rings. The van der Waals surface area contributed by atoms with Gasteiger partial charge in [-0.2, -0.15) is 0 Å². The number of methoxy groups -OCH3 is 1. The molecule has 0 bridgehead atoms. The molecule has 1 N–H and O–H groups in total. The van der Waals surface area contributed by atoms with Crippen molar-refractivity contribution in [2.24, 2.45) is 0 Å². The second kappa shape index (κ2) is 8.91. The normalized spacial score (nSPS) is 12.6. The smallest absolute Gasteiger partial charge is 0.119 e. The van der Waals surface area contributed by atoms with E-state index in [0.717, 1.165) is 18.0 Å². The third-order valence-corrected chi connectivity index (χ3v) is 4.48. The fourth-order valence-electron chi connectivity index (χ4n) is 2.25. The number of aliphatic hydroxyl groups is 1. The Labute approximate surface area is 142 Å². The van der Waals surface area contributed by atoms with E-state index in [0.29, 0.717) is 12.6 Å². The van der Waals surface area contributed by atoms with Crippen molar-refractivity contribution in [1.29, 1.82) is 0 Å². The predicted octanol–water partition coefficient (Wildman–Crippen LogP) is 3.41. The van der Waals surface area contributed by atoms with Crippen molar-refractivity contribution in [2.45, 2.75) is 32.5 Å². The predicted molar refractivity (Wildman–Crippen MR) is 94.4 cm³/mol. The second-order valence-corrected chi connectivity index (χ2v) is 6.78. The molecule has 23 heavy (non-hydrogen) atoms. The Hall–Kier alpha value is -1.56. The number of nitrogens with zero attached hydrogens (tertiary/aromatic N) is 1. The molecule has 0 fully saturated rings. The molecule has 0 amide bonds. The van der Waals surface area contributed by atoms with Crippen molar-refractivity contribution >= 4 is 11.3 Å². The van der Waals surface area contributed by atoms with E-state index in [1.54, 1.807) is 18.4 Å². The van der Waals surface area contributed by atoms with Crippen molar-refractivity contribution in [3.05, 3.63) is 46.7 Å². The molecule has 1 heterocycles. The maximum absolute atomic E-state index is 10.3. The van der Waals surface area contributed by atoms with Crippen LogP contribution in [0.5, 0.6) is 11.5 Å². The molecule has 0 aliphatic carbocycles. The summed E-state index contributed by atoms with van der Waals surface area (Å²) in [7, 11) is 1.63. The lowest BCUT2D eigenvalue weighted by atomic mass is 10.2. The van der Waals surface area contributed by atoms with Crippen LogP contribution in [0, 0.1) is 0 Å². The molecule has 1 aromatic heterocycles. The number of rotatable bonds is 9. The number of aliphatic hydroxyl groups excluding tert-OH is 1. The molecule has 0 spiro atoms. The van der Waals surface area contributed by atoms with Crippen molar-refractivity contribution in [1.82, 2.24) is 4.90 Å². The molecule has 0 saturated carbocycles. The summed E-state index contributed by atoms with van der Waals surface area (Å²) in [5.74, 6) is 1.53. The van der Waals surface area contributed by atoms with E-state index < -0.39 is 6.10 Å². The summed E-state index contributed by atoms with van der Waals surface area (Å²) in [6, 6.07) is 11.9. The molecule has 2 rings (SSSR count). The number of benzene rings is 1. The van der Waals surface area contributed by atoms with Crippen LogP contribution < -0.4 is 9.47 Å². The van der Waals surface area contributed by atoms with E-state index in [1.807, 2.05) is 24.3 Å². The van der Waals surface area contributed by atoms with Crippen molar-refractivity contribution in [2.75, 3.05) is 20.3 Å². The zero-order valence-electron chi connectivity index (χ0n) is 13.9. The zero-order valence-corrected chi connectivity index (χ0v) is 14.8. The lowest BCUT2D eigenvalue weighted by Gasteiger charge is -2.28. The molecule has 126 valence electrons. The maximum Gasteiger partial charge on any atom is 0.119 e. The van der Waals surface area contributed by atoms with E-state index in [9.17, 15) is 5.11 Å². The first kappa shape index (κ1) is 17.8. The quantitative estimate of drug-likeness (QED) is 0.762. The molecular formula is C18H25NO3S. The van der Waals surface area contributed by atoms with Gasteiger partial charge in [0.15, 0.2) is 0 Å². The highest BCUT2D eigenvalue weighted by molar-refractivity contribution is 7.09. The van der Waals surface area contributed by atoms with Crippen LogP contribution in [0.25, 0.3) is 0 Å². The third-order valence-electron chi connectivity index (χ3n) is 3.62. The molecule has 1 aromatic carbocycles. The Morgan fingerprint density at radius 3 is 2.39 bits per heavy atom. The molecule has 4 nitrogen and oxygen atoms in total. The number of hydrogen-bond donors (Lipinski definition) is 1. The van der Waals surface area contributed by atoms with Gasteiger partial charge in [0, 0.05) is 24.0 Å². The summed E-state index contributed by atoms with van der Waals surface area (Å²) in [5.41, 5.74) is 0. The minimum atomic E-state index is -0.528. The van der Waals surface area contributed by atoms with Gasteiger partial charge in [-0.25, -0.2) is 0 Å². The van der Waals surface area contributed by atoms with Crippen molar-refractivity contribution in [3.63, 3.8) is 0 Å². The van der Waals surface area contributed by atoms with Gasteiger partial charge in [0.1, 0.15) is 24.2 Å². The van der Waals surface area contributed by atoms with Crippen LogP contribution in [0.4, 0.5) is 0 Å². The maximum atomic E-state index is 10.3. The first-order valence-electron chi connectivity index (χ1n) is 7.80. The Bertz CT molecular complexity index is 554. The highest BCUT2D eigenvalue weighted by Crippen LogP contribution is 2.18. The van der Waals surface area contributed by atoms with E-state index >= 15 is 0 Å². The standard InChI is InChI=1S/C18H25NO3S/c1-14(2)19(12-18-5-4-10-23-18)11-15(20)13-22-17-8-6-16(21-3)7-9-17/h4-10,14-15,20H,11-13H2,1-3H3. The van der Waals surface area contributed by atoms with E-state index in [4.69, 9.17) is 9.47 Å². The van der Waals surface area contributed by atoms with Crippen LogP contribution in [0.3, 0.4) is 0 Å². The highest BCUT2D eigenvalue weighted by Gasteiger charge is 2.16. The molecule has 5 heteroatoms. The lowest BCUT2D eigenvalue weighted by molar-refractivity contribution is 0.0547. The monoisotopic (exact) mass is 335 g/mol. The van der Waals surface area contributed by atoms with Crippen LogP contribution in [-0.2, 0) is 6.54 Å². The largest absolute Gasteiger partial charge is 0.497 e. The Kier molecular flexibility index (Phi) is 6.89.